The number of hydrogen-bond acceptors (Lipinski definition) is 4. The maximum absolute atomic E-state index is 5.75. The van der Waals surface area contributed by atoms with Gasteiger partial charge in [0, 0.05) is 10.7 Å². The number of pyridine rings is 1. The van der Waals surface area contributed by atoms with E-state index in [2.05, 4.69) is 38.5 Å². The van der Waals surface area contributed by atoms with Gasteiger partial charge < -0.3 is 4.74 Å². The number of nitrogens with two attached hydrogens (primary N) is 1. The van der Waals surface area contributed by atoms with Gasteiger partial charge in [-0.3, -0.25) is 16.3 Å². The lowest BCUT2D eigenvalue weighted by molar-refractivity contribution is 0.255. The maximum Gasteiger partial charge on any atom is 0.122 e. The van der Waals surface area contributed by atoms with Gasteiger partial charge in [0.05, 0.1) is 18.3 Å². The second-order valence-electron chi connectivity index (χ2n) is 5.23. The first-order valence-electron chi connectivity index (χ1n) is 7.07. The third kappa shape index (κ3) is 3.26. The van der Waals surface area contributed by atoms with E-state index < -0.39 is 0 Å². The van der Waals surface area contributed by atoms with Crippen LogP contribution in [0.5, 0.6) is 5.75 Å². The molecule has 0 radical (unpaired) electrons. The molecule has 4 nitrogen and oxygen atoms in total. The molecule has 0 saturated carbocycles. The van der Waals surface area contributed by atoms with E-state index >= 15 is 0 Å². The van der Waals surface area contributed by atoms with Gasteiger partial charge in [-0.25, -0.2) is 0 Å². The highest BCUT2D eigenvalue weighted by molar-refractivity contribution is 9.10. The molecule has 0 spiro atoms. The van der Waals surface area contributed by atoms with Gasteiger partial charge in [-0.1, -0.05) is 18.2 Å². The molecule has 0 saturated heterocycles. The van der Waals surface area contributed by atoms with Crippen molar-refractivity contribution in [2.45, 2.75) is 24.8 Å². The van der Waals surface area contributed by atoms with Crippen LogP contribution in [0.2, 0.25) is 0 Å². The standard InChI is InChI=1S/C16H18BrN3O/c17-12-5-6-14(19-10-12)15(20-18)9-11-7-8-21-16-4-2-1-3-13(11)16/h1-6,10-11,15,20H,7-9,18H2. The lowest BCUT2D eigenvalue weighted by Gasteiger charge is -2.28. The van der Waals surface area contributed by atoms with Crippen molar-refractivity contribution in [3.05, 3.63) is 58.3 Å². The number of hydrazine groups is 1. The molecule has 1 aromatic carbocycles. The van der Waals surface area contributed by atoms with Crippen molar-refractivity contribution in [3.8, 4) is 5.75 Å². The van der Waals surface area contributed by atoms with Crippen molar-refractivity contribution in [2.75, 3.05) is 6.61 Å². The normalized spacial score (nSPS) is 18.7. The smallest absolute Gasteiger partial charge is 0.122 e. The first kappa shape index (κ1) is 14.5. The lowest BCUT2D eigenvalue weighted by atomic mass is 9.87. The van der Waals surface area contributed by atoms with Crippen LogP contribution in [0.4, 0.5) is 0 Å². The van der Waals surface area contributed by atoms with Gasteiger partial charge in [-0.2, -0.15) is 0 Å². The van der Waals surface area contributed by atoms with Crippen LogP contribution in [-0.4, -0.2) is 11.6 Å². The predicted molar refractivity (Wildman–Crippen MR) is 85.9 cm³/mol. The summed E-state index contributed by atoms with van der Waals surface area (Å²) in [5.41, 5.74) is 5.12. The number of para-hydroxylation sites is 1. The van der Waals surface area contributed by atoms with Crippen molar-refractivity contribution < 1.29 is 4.74 Å². The van der Waals surface area contributed by atoms with E-state index in [1.165, 1.54) is 5.56 Å². The van der Waals surface area contributed by atoms with Crippen LogP contribution in [0.3, 0.4) is 0 Å². The molecule has 0 bridgehead atoms. The van der Waals surface area contributed by atoms with Gasteiger partial charge in [-0.05, 0) is 58.5 Å². The molecule has 0 fully saturated rings. The molecule has 110 valence electrons. The number of fused-ring (bicyclic) bond motifs is 1. The predicted octanol–water partition coefficient (Wildman–Crippen LogP) is 3.30. The average molecular weight is 348 g/mol. The van der Waals surface area contributed by atoms with Crippen molar-refractivity contribution in [1.82, 2.24) is 10.4 Å². The molecule has 2 heterocycles. The topological polar surface area (TPSA) is 60.2 Å². The number of rotatable bonds is 4. The van der Waals surface area contributed by atoms with Gasteiger partial charge in [0.1, 0.15) is 5.75 Å². The zero-order valence-corrected chi connectivity index (χ0v) is 13.2. The SMILES string of the molecule is NNC(CC1CCOc2ccccc21)c1ccc(Br)cn1. The summed E-state index contributed by atoms with van der Waals surface area (Å²) < 4.78 is 6.69. The number of ether oxygens (including phenoxy) is 1. The fourth-order valence-corrected chi connectivity index (χ4v) is 3.05. The molecule has 0 amide bonds. The molecular formula is C16H18BrN3O. The molecule has 1 aromatic heterocycles. The van der Waals surface area contributed by atoms with Gasteiger partial charge in [0.25, 0.3) is 0 Å². The minimum atomic E-state index is 0.0363. The van der Waals surface area contributed by atoms with E-state index in [9.17, 15) is 0 Å². The summed E-state index contributed by atoms with van der Waals surface area (Å²) in [4.78, 5) is 4.45. The monoisotopic (exact) mass is 347 g/mol. The molecule has 21 heavy (non-hydrogen) atoms. The first-order chi connectivity index (χ1) is 10.3. The number of nitrogens with zero attached hydrogens (tertiary/aromatic N) is 1. The van der Waals surface area contributed by atoms with Crippen molar-refractivity contribution in [2.24, 2.45) is 5.84 Å². The van der Waals surface area contributed by atoms with Gasteiger partial charge >= 0.3 is 0 Å². The van der Waals surface area contributed by atoms with E-state index in [0.717, 1.165) is 35.4 Å². The van der Waals surface area contributed by atoms with Crippen molar-refractivity contribution >= 4 is 15.9 Å². The summed E-state index contributed by atoms with van der Waals surface area (Å²) in [6, 6.07) is 12.3. The number of benzene rings is 1. The Bertz CT molecular complexity index is 603. The van der Waals surface area contributed by atoms with Crippen LogP contribution in [-0.2, 0) is 0 Å². The van der Waals surface area contributed by atoms with Crippen LogP contribution in [0.1, 0.15) is 36.1 Å². The zero-order chi connectivity index (χ0) is 14.7. The Hall–Kier alpha value is -1.43. The Morgan fingerprint density at radius 2 is 2.19 bits per heavy atom. The summed E-state index contributed by atoms with van der Waals surface area (Å²) >= 11 is 3.41. The van der Waals surface area contributed by atoms with Crippen molar-refractivity contribution in [1.29, 1.82) is 0 Å². The fourth-order valence-electron chi connectivity index (χ4n) is 2.81. The number of hydrogen-bond donors (Lipinski definition) is 2. The highest BCUT2D eigenvalue weighted by Crippen LogP contribution is 2.38. The Balaban J connectivity index is 1.80. The second kappa shape index (κ2) is 6.56. The highest BCUT2D eigenvalue weighted by atomic mass is 79.9. The molecular weight excluding hydrogens is 330 g/mol. The van der Waals surface area contributed by atoms with Crippen molar-refractivity contribution in [3.63, 3.8) is 0 Å². The van der Waals surface area contributed by atoms with Crippen LogP contribution in [0.15, 0.2) is 47.1 Å². The fraction of sp³-hybridized carbons (Fsp3) is 0.312. The summed E-state index contributed by atoms with van der Waals surface area (Å²) in [5.74, 6) is 7.17. The van der Waals surface area contributed by atoms with E-state index in [1.807, 2.05) is 24.3 Å². The van der Waals surface area contributed by atoms with E-state index in [0.29, 0.717) is 5.92 Å². The molecule has 2 atom stereocenters. The summed E-state index contributed by atoms with van der Waals surface area (Å²) in [5, 5.41) is 0. The average Bonchev–Trinajstić information content (AvgIpc) is 2.54. The number of aromatic nitrogens is 1. The molecule has 1 aliphatic rings. The minimum Gasteiger partial charge on any atom is -0.493 e. The molecule has 3 rings (SSSR count). The Morgan fingerprint density at radius 3 is 2.95 bits per heavy atom. The quantitative estimate of drug-likeness (QED) is 0.657. The van der Waals surface area contributed by atoms with E-state index in [1.54, 1.807) is 6.20 Å². The summed E-state index contributed by atoms with van der Waals surface area (Å²) in [7, 11) is 0. The number of nitrogens with one attached hydrogen (secondary N) is 1. The van der Waals surface area contributed by atoms with Gasteiger partial charge in [-0.15, -0.1) is 0 Å². The number of halogens is 1. The second-order valence-corrected chi connectivity index (χ2v) is 6.14. The van der Waals surface area contributed by atoms with Gasteiger partial charge in [0.2, 0.25) is 0 Å². The van der Waals surface area contributed by atoms with Crippen LogP contribution >= 0.6 is 15.9 Å². The highest BCUT2D eigenvalue weighted by Gasteiger charge is 2.25. The van der Waals surface area contributed by atoms with Crippen LogP contribution < -0.4 is 16.0 Å². The molecule has 0 aliphatic carbocycles. The first-order valence-corrected chi connectivity index (χ1v) is 7.86. The summed E-state index contributed by atoms with van der Waals surface area (Å²) in [6.07, 6.45) is 3.72. The Labute approximate surface area is 132 Å². The Morgan fingerprint density at radius 1 is 1.33 bits per heavy atom. The van der Waals surface area contributed by atoms with Crippen LogP contribution in [0, 0.1) is 0 Å². The minimum absolute atomic E-state index is 0.0363. The summed E-state index contributed by atoms with van der Waals surface area (Å²) in [6.45, 7) is 0.757. The largest absolute Gasteiger partial charge is 0.493 e. The lowest BCUT2D eigenvalue weighted by Crippen LogP contribution is -2.31. The van der Waals surface area contributed by atoms with E-state index in [4.69, 9.17) is 10.6 Å². The van der Waals surface area contributed by atoms with E-state index in [-0.39, 0.29) is 6.04 Å². The third-order valence-corrected chi connectivity index (χ3v) is 4.38. The molecule has 2 aromatic rings. The molecule has 5 heteroatoms. The van der Waals surface area contributed by atoms with Crippen LogP contribution in [0.25, 0.3) is 0 Å². The maximum atomic E-state index is 5.75. The molecule has 2 unspecified atom stereocenters. The van der Waals surface area contributed by atoms with Gasteiger partial charge in [0.15, 0.2) is 0 Å². The zero-order valence-electron chi connectivity index (χ0n) is 11.6. The molecule has 3 N–H and O–H groups in total. The third-order valence-electron chi connectivity index (χ3n) is 3.91. The molecule has 1 aliphatic heterocycles. The Kier molecular flexibility index (Phi) is 4.53.